The molecule has 5 rings (SSSR count). The minimum Gasteiger partial charge on any atom is -0.480 e. The number of nitrogens with zero attached hydrogens (tertiary/aromatic N) is 3. The SMILES string of the molecule is Cn1c(=O)ccc2nccc(NCC3(O)CCC(NCc4ccc5c(n4)NC(=O)CO5)CC3)c21. The molecule has 1 saturated carbocycles. The molecule has 3 aromatic rings. The Kier molecular flexibility index (Phi) is 5.93. The minimum atomic E-state index is -0.826. The van der Waals surface area contributed by atoms with E-state index in [1.807, 2.05) is 18.2 Å². The third kappa shape index (κ3) is 4.59. The van der Waals surface area contributed by atoms with E-state index in [1.54, 1.807) is 23.9 Å². The van der Waals surface area contributed by atoms with E-state index in [2.05, 4.69) is 25.9 Å². The number of hydrogen-bond acceptors (Lipinski definition) is 8. The Bertz CT molecular complexity index is 1280. The highest BCUT2D eigenvalue weighted by molar-refractivity contribution is 5.94. The second kappa shape index (κ2) is 9.03. The van der Waals surface area contributed by atoms with Crippen molar-refractivity contribution in [3.8, 4) is 5.75 Å². The van der Waals surface area contributed by atoms with Gasteiger partial charge >= 0.3 is 0 Å². The molecule has 4 N–H and O–H groups in total. The topological polar surface area (TPSA) is 130 Å². The molecular formula is C24H28N6O4. The molecule has 2 aliphatic rings. The molecule has 1 aliphatic carbocycles. The molecule has 1 amide bonds. The van der Waals surface area contributed by atoms with Gasteiger partial charge in [0.15, 0.2) is 18.2 Å². The number of pyridine rings is 3. The van der Waals surface area contributed by atoms with E-state index < -0.39 is 5.60 Å². The van der Waals surface area contributed by atoms with Crippen molar-refractivity contribution in [2.75, 3.05) is 23.8 Å². The Morgan fingerprint density at radius 1 is 1.21 bits per heavy atom. The van der Waals surface area contributed by atoms with Crippen LogP contribution in [0.4, 0.5) is 11.5 Å². The number of fused-ring (bicyclic) bond motifs is 2. The molecule has 3 aromatic heterocycles. The summed E-state index contributed by atoms with van der Waals surface area (Å²) >= 11 is 0. The van der Waals surface area contributed by atoms with Crippen LogP contribution in [0.15, 0.2) is 41.3 Å². The molecule has 10 nitrogen and oxygen atoms in total. The second-order valence-electron chi connectivity index (χ2n) is 9.04. The predicted octanol–water partition coefficient (Wildman–Crippen LogP) is 1.53. The van der Waals surface area contributed by atoms with Crippen molar-refractivity contribution in [2.24, 2.45) is 7.05 Å². The van der Waals surface area contributed by atoms with Crippen LogP contribution in [0.5, 0.6) is 5.75 Å². The lowest BCUT2D eigenvalue weighted by molar-refractivity contribution is -0.118. The maximum absolute atomic E-state index is 12.1. The van der Waals surface area contributed by atoms with Gasteiger partial charge in [0, 0.05) is 38.4 Å². The molecule has 178 valence electrons. The molecular weight excluding hydrogens is 436 g/mol. The summed E-state index contributed by atoms with van der Waals surface area (Å²) in [6.07, 6.45) is 4.67. The molecule has 0 radical (unpaired) electrons. The van der Waals surface area contributed by atoms with Crippen molar-refractivity contribution >= 4 is 28.4 Å². The van der Waals surface area contributed by atoms with Gasteiger partial charge in [-0.05, 0) is 49.9 Å². The summed E-state index contributed by atoms with van der Waals surface area (Å²) in [4.78, 5) is 32.4. The molecule has 0 atom stereocenters. The van der Waals surface area contributed by atoms with Crippen LogP contribution < -0.4 is 26.2 Å². The summed E-state index contributed by atoms with van der Waals surface area (Å²) in [5.41, 5.74) is 2.14. The molecule has 1 aliphatic heterocycles. The Morgan fingerprint density at radius 2 is 2.03 bits per heavy atom. The average molecular weight is 465 g/mol. The Hall–Kier alpha value is -3.50. The summed E-state index contributed by atoms with van der Waals surface area (Å²) in [6.45, 7) is 0.983. The summed E-state index contributed by atoms with van der Waals surface area (Å²) in [5.74, 6) is 0.841. The van der Waals surface area contributed by atoms with E-state index in [4.69, 9.17) is 4.74 Å². The molecule has 1 fully saturated rings. The summed E-state index contributed by atoms with van der Waals surface area (Å²) in [7, 11) is 1.72. The Morgan fingerprint density at radius 3 is 2.85 bits per heavy atom. The van der Waals surface area contributed by atoms with Crippen molar-refractivity contribution < 1.29 is 14.6 Å². The standard InChI is InChI=1S/C24H28N6O4/c1-30-21(32)5-3-17-22(30)18(8-11-25-17)27-14-24(33)9-6-15(7-10-24)26-12-16-2-4-19-23(28-16)29-20(31)13-34-19/h2-5,8,11,15,26,33H,6-7,9-10,12-14H2,1H3,(H,25,27)(H,28,29,31). The monoisotopic (exact) mass is 464 g/mol. The lowest BCUT2D eigenvalue weighted by Crippen LogP contribution is -2.45. The molecule has 10 heteroatoms. The fraction of sp³-hybridized carbons (Fsp3) is 0.417. The molecule has 0 bridgehead atoms. The molecule has 0 unspecified atom stereocenters. The maximum atomic E-state index is 12.1. The normalized spacial score (nSPS) is 22.1. The number of aryl methyl sites for hydroxylation is 1. The van der Waals surface area contributed by atoms with Gasteiger partial charge in [-0.2, -0.15) is 0 Å². The van der Waals surface area contributed by atoms with Crippen LogP contribution >= 0.6 is 0 Å². The first-order valence-corrected chi connectivity index (χ1v) is 11.5. The number of carbonyl (C=O) groups is 1. The third-order valence-electron chi connectivity index (χ3n) is 6.63. The molecule has 0 saturated heterocycles. The highest BCUT2D eigenvalue weighted by atomic mass is 16.5. The van der Waals surface area contributed by atoms with Crippen LogP contribution in [0, 0.1) is 0 Å². The zero-order chi connectivity index (χ0) is 23.7. The fourth-order valence-corrected chi connectivity index (χ4v) is 4.61. The van der Waals surface area contributed by atoms with Crippen molar-refractivity contribution in [2.45, 2.75) is 43.9 Å². The van der Waals surface area contributed by atoms with E-state index in [1.165, 1.54) is 6.07 Å². The van der Waals surface area contributed by atoms with Crippen molar-refractivity contribution in [1.29, 1.82) is 0 Å². The average Bonchev–Trinajstić information content (AvgIpc) is 2.84. The van der Waals surface area contributed by atoms with Crippen molar-refractivity contribution in [3.05, 3.63) is 52.6 Å². The predicted molar refractivity (Wildman–Crippen MR) is 128 cm³/mol. The number of rotatable bonds is 6. The molecule has 4 heterocycles. The first-order valence-electron chi connectivity index (χ1n) is 11.5. The van der Waals surface area contributed by atoms with Crippen LogP contribution in [0.2, 0.25) is 0 Å². The Balaban J connectivity index is 1.16. The molecule has 0 aromatic carbocycles. The number of amides is 1. The van der Waals surface area contributed by atoms with Gasteiger partial charge in [0.25, 0.3) is 11.5 Å². The van der Waals surface area contributed by atoms with Crippen LogP contribution in [-0.4, -0.2) is 50.3 Å². The molecule has 34 heavy (non-hydrogen) atoms. The van der Waals surface area contributed by atoms with Gasteiger partial charge in [0.05, 0.1) is 28.0 Å². The second-order valence-corrected chi connectivity index (χ2v) is 9.04. The van der Waals surface area contributed by atoms with Gasteiger partial charge in [-0.1, -0.05) is 0 Å². The number of carbonyl (C=O) groups excluding carboxylic acids is 1. The fourth-order valence-electron chi connectivity index (χ4n) is 4.61. The maximum Gasteiger partial charge on any atom is 0.263 e. The largest absolute Gasteiger partial charge is 0.480 e. The zero-order valence-electron chi connectivity index (χ0n) is 19.0. The zero-order valence-corrected chi connectivity index (χ0v) is 19.0. The van der Waals surface area contributed by atoms with Gasteiger partial charge in [-0.15, -0.1) is 0 Å². The van der Waals surface area contributed by atoms with Gasteiger partial charge < -0.3 is 30.4 Å². The van der Waals surface area contributed by atoms with Crippen LogP contribution in [-0.2, 0) is 18.4 Å². The van der Waals surface area contributed by atoms with Gasteiger partial charge in [-0.3, -0.25) is 14.6 Å². The van der Waals surface area contributed by atoms with Crippen LogP contribution in [0.3, 0.4) is 0 Å². The summed E-state index contributed by atoms with van der Waals surface area (Å²) in [6, 6.07) is 9.03. The van der Waals surface area contributed by atoms with E-state index >= 15 is 0 Å². The third-order valence-corrected chi connectivity index (χ3v) is 6.63. The van der Waals surface area contributed by atoms with E-state index in [-0.39, 0.29) is 24.1 Å². The van der Waals surface area contributed by atoms with Crippen LogP contribution in [0.1, 0.15) is 31.4 Å². The number of anilines is 2. The van der Waals surface area contributed by atoms with Crippen molar-refractivity contribution in [3.63, 3.8) is 0 Å². The quantitative estimate of drug-likeness (QED) is 0.432. The number of hydrogen-bond donors (Lipinski definition) is 4. The van der Waals surface area contributed by atoms with E-state index in [0.717, 1.165) is 35.3 Å². The van der Waals surface area contributed by atoms with Gasteiger partial charge in [0.2, 0.25) is 0 Å². The Labute approximate surface area is 196 Å². The highest BCUT2D eigenvalue weighted by Crippen LogP contribution is 2.30. The van der Waals surface area contributed by atoms with Crippen molar-refractivity contribution in [1.82, 2.24) is 19.9 Å². The number of aromatic nitrogens is 3. The number of ether oxygens (including phenoxy) is 1. The summed E-state index contributed by atoms with van der Waals surface area (Å²) in [5, 5.41) is 20.7. The lowest BCUT2D eigenvalue weighted by Gasteiger charge is -2.36. The summed E-state index contributed by atoms with van der Waals surface area (Å²) < 4.78 is 6.92. The first kappa shape index (κ1) is 22.3. The number of nitrogens with one attached hydrogen (secondary N) is 3. The van der Waals surface area contributed by atoms with Gasteiger partial charge in [0.1, 0.15) is 0 Å². The lowest BCUT2D eigenvalue weighted by atomic mass is 9.82. The molecule has 0 spiro atoms. The number of aliphatic hydroxyl groups is 1. The first-order chi connectivity index (χ1) is 16.4. The van der Waals surface area contributed by atoms with Crippen LogP contribution in [0.25, 0.3) is 11.0 Å². The highest BCUT2D eigenvalue weighted by Gasteiger charge is 2.33. The van der Waals surface area contributed by atoms with Gasteiger partial charge in [-0.25, -0.2) is 4.98 Å². The minimum absolute atomic E-state index is 0.0155. The van der Waals surface area contributed by atoms with E-state index in [0.29, 0.717) is 37.5 Å². The van der Waals surface area contributed by atoms with E-state index in [9.17, 15) is 14.7 Å². The smallest absolute Gasteiger partial charge is 0.263 e.